The molecule has 15 heavy (non-hydrogen) atoms. The summed E-state index contributed by atoms with van der Waals surface area (Å²) in [6, 6.07) is 1.93. The zero-order valence-electron chi connectivity index (χ0n) is 9.88. The quantitative estimate of drug-likeness (QED) is 0.730. The van der Waals surface area contributed by atoms with Crippen LogP contribution in [0.15, 0.2) is 12.3 Å². The highest BCUT2D eigenvalue weighted by atomic mass is 15.0. The molecule has 0 radical (unpaired) electrons. The maximum Gasteiger partial charge on any atom is 0.149 e. The van der Waals surface area contributed by atoms with Crippen LogP contribution in [-0.2, 0) is 0 Å². The Morgan fingerprint density at radius 1 is 1.47 bits per heavy atom. The maximum atomic E-state index is 5.90. The Bertz CT molecular complexity index is 308. The number of nitrogens with zero attached hydrogens (tertiary/aromatic N) is 1. The molecule has 3 nitrogen and oxygen atoms in total. The largest absolute Gasteiger partial charge is 0.396 e. The molecule has 3 N–H and O–H groups in total. The van der Waals surface area contributed by atoms with Crippen LogP contribution in [0.4, 0.5) is 11.5 Å². The summed E-state index contributed by atoms with van der Waals surface area (Å²) in [7, 11) is 0. The van der Waals surface area contributed by atoms with Gasteiger partial charge < -0.3 is 11.1 Å². The minimum atomic E-state index is 0.759. The van der Waals surface area contributed by atoms with E-state index in [2.05, 4.69) is 24.1 Å². The molecule has 0 aliphatic heterocycles. The van der Waals surface area contributed by atoms with E-state index in [0.29, 0.717) is 0 Å². The number of hydrogen-bond donors (Lipinski definition) is 2. The standard InChI is InChI=1S/C12H21N3/c1-9(2)5-4-7-14-12-11(13)10(3)6-8-15-12/h6,8-9H,4-5,7,13H2,1-3H3,(H,14,15). The third-order valence-electron chi connectivity index (χ3n) is 2.46. The van der Waals surface area contributed by atoms with E-state index >= 15 is 0 Å². The highest BCUT2D eigenvalue weighted by Gasteiger charge is 2.01. The first-order valence-electron chi connectivity index (χ1n) is 5.56. The van der Waals surface area contributed by atoms with Gasteiger partial charge in [0.1, 0.15) is 5.82 Å². The van der Waals surface area contributed by atoms with Crippen LogP contribution in [-0.4, -0.2) is 11.5 Å². The summed E-state index contributed by atoms with van der Waals surface area (Å²) in [6.45, 7) is 7.41. The van der Waals surface area contributed by atoms with Gasteiger partial charge in [-0.1, -0.05) is 13.8 Å². The third-order valence-corrected chi connectivity index (χ3v) is 2.46. The molecule has 0 spiro atoms. The molecule has 0 aromatic carbocycles. The van der Waals surface area contributed by atoms with Gasteiger partial charge in [0.2, 0.25) is 0 Å². The van der Waals surface area contributed by atoms with E-state index < -0.39 is 0 Å². The van der Waals surface area contributed by atoms with Gasteiger partial charge >= 0.3 is 0 Å². The smallest absolute Gasteiger partial charge is 0.149 e. The second-order valence-corrected chi connectivity index (χ2v) is 4.35. The van der Waals surface area contributed by atoms with Crippen LogP contribution >= 0.6 is 0 Å². The van der Waals surface area contributed by atoms with Crippen molar-refractivity contribution in [2.75, 3.05) is 17.6 Å². The Hall–Kier alpha value is -1.25. The Kier molecular flexibility index (Phi) is 4.40. The number of aromatic nitrogens is 1. The molecule has 0 saturated heterocycles. The number of aryl methyl sites for hydroxylation is 1. The van der Waals surface area contributed by atoms with Crippen LogP contribution < -0.4 is 11.1 Å². The van der Waals surface area contributed by atoms with Crippen molar-refractivity contribution in [2.45, 2.75) is 33.6 Å². The summed E-state index contributed by atoms with van der Waals surface area (Å²) in [6.07, 6.45) is 4.18. The second kappa shape index (κ2) is 5.59. The molecular formula is C12H21N3. The summed E-state index contributed by atoms with van der Waals surface area (Å²) < 4.78 is 0. The lowest BCUT2D eigenvalue weighted by Gasteiger charge is -2.10. The molecule has 1 aromatic rings. The summed E-state index contributed by atoms with van der Waals surface area (Å²) in [5, 5.41) is 3.27. The van der Waals surface area contributed by atoms with Crippen LogP contribution in [0.1, 0.15) is 32.3 Å². The molecule has 1 rings (SSSR count). The highest BCUT2D eigenvalue weighted by Crippen LogP contribution is 2.18. The normalized spacial score (nSPS) is 10.7. The Morgan fingerprint density at radius 3 is 2.87 bits per heavy atom. The summed E-state index contributed by atoms with van der Waals surface area (Å²) in [4.78, 5) is 4.22. The molecule has 3 heteroatoms. The second-order valence-electron chi connectivity index (χ2n) is 4.35. The highest BCUT2D eigenvalue weighted by molar-refractivity contribution is 5.64. The molecule has 0 unspecified atom stereocenters. The van der Waals surface area contributed by atoms with Gasteiger partial charge in [-0.15, -0.1) is 0 Å². The number of nitrogen functional groups attached to an aromatic ring is 1. The molecule has 0 aliphatic rings. The number of rotatable bonds is 5. The SMILES string of the molecule is Cc1ccnc(NCCCC(C)C)c1N. The molecular weight excluding hydrogens is 186 g/mol. The van der Waals surface area contributed by atoms with Crippen LogP contribution in [0.5, 0.6) is 0 Å². The van der Waals surface area contributed by atoms with Gasteiger partial charge in [-0.3, -0.25) is 0 Å². The maximum absolute atomic E-state index is 5.90. The van der Waals surface area contributed by atoms with Crippen molar-refractivity contribution in [2.24, 2.45) is 5.92 Å². The van der Waals surface area contributed by atoms with Crippen molar-refractivity contribution in [1.82, 2.24) is 4.98 Å². The monoisotopic (exact) mass is 207 g/mol. The number of anilines is 2. The fourth-order valence-electron chi connectivity index (χ4n) is 1.43. The van der Waals surface area contributed by atoms with E-state index in [9.17, 15) is 0 Å². The van der Waals surface area contributed by atoms with Crippen molar-refractivity contribution >= 4 is 11.5 Å². The minimum absolute atomic E-state index is 0.759. The van der Waals surface area contributed by atoms with E-state index in [-0.39, 0.29) is 0 Å². The van der Waals surface area contributed by atoms with Gasteiger partial charge in [-0.05, 0) is 37.3 Å². The zero-order valence-corrected chi connectivity index (χ0v) is 9.88. The predicted molar refractivity (Wildman–Crippen MR) is 65.9 cm³/mol. The van der Waals surface area contributed by atoms with Crippen molar-refractivity contribution in [3.8, 4) is 0 Å². The van der Waals surface area contributed by atoms with Gasteiger partial charge in [0.25, 0.3) is 0 Å². The molecule has 0 fully saturated rings. The first kappa shape index (κ1) is 11.8. The first-order valence-corrected chi connectivity index (χ1v) is 5.56. The summed E-state index contributed by atoms with van der Waals surface area (Å²) >= 11 is 0. The van der Waals surface area contributed by atoms with Gasteiger partial charge in [-0.25, -0.2) is 4.98 Å². The van der Waals surface area contributed by atoms with E-state index in [0.717, 1.165) is 36.0 Å². The van der Waals surface area contributed by atoms with Crippen LogP contribution in [0.25, 0.3) is 0 Å². The summed E-state index contributed by atoms with van der Waals surface area (Å²) in [5.41, 5.74) is 7.75. The van der Waals surface area contributed by atoms with Gasteiger partial charge in [-0.2, -0.15) is 0 Å². The first-order chi connectivity index (χ1) is 7.11. The molecule has 0 saturated carbocycles. The molecule has 0 bridgehead atoms. The van der Waals surface area contributed by atoms with Crippen molar-refractivity contribution < 1.29 is 0 Å². The molecule has 1 aromatic heterocycles. The molecule has 1 heterocycles. The molecule has 0 aliphatic carbocycles. The van der Waals surface area contributed by atoms with Crippen molar-refractivity contribution in [1.29, 1.82) is 0 Å². The van der Waals surface area contributed by atoms with Crippen LogP contribution in [0.3, 0.4) is 0 Å². The lowest BCUT2D eigenvalue weighted by molar-refractivity contribution is 0.567. The lowest BCUT2D eigenvalue weighted by atomic mass is 10.1. The van der Waals surface area contributed by atoms with E-state index in [1.165, 1.54) is 6.42 Å². The Labute approximate surface area is 92.1 Å². The number of hydrogen-bond acceptors (Lipinski definition) is 3. The van der Waals surface area contributed by atoms with Gasteiger partial charge in [0, 0.05) is 12.7 Å². The minimum Gasteiger partial charge on any atom is -0.396 e. The molecule has 0 amide bonds. The molecule has 0 atom stereocenters. The zero-order chi connectivity index (χ0) is 11.3. The van der Waals surface area contributed by atoms with Crippen molar-refractivity contribution in [3.63, 3.8) is 0 Å². The van der Waals surface area contributed by atoms with E-state index in [4.69, 9.17) is 5.73 Å². The van der Waals surface area contributed by atoms with Crippen LogP contribution in [0.2, 0.25) is 0 Å². The van der Waals surface area contributed by atoms with Gasteiger partial charge in [0.05, 0.1) is 5.69 Å². The predicted octanol–water partition coefficient (Wildman–Crippen LogP) is 2.82. The molecule has 84 valence electrons. The van der Waals surface area contributed by atoms with E-state index in [1.807, 2.05) is 13.0 Å². The number of nitrogens with one attached hydrogen (secondary N) is 1. The van der Waals surface area contributed by atoms with Crippen LogP contribution in [0, 0.1) is 12.8 Å². The van der Waals surface area contributed by atoms with E-state index in [1.54, 1.807) is 6.20 Å². The van der Waals surface area contributed by atoms with Crippen molar-refractivity contribution in [3.05, 3.63) is 17.8 Å². The fraction of sp³-hybridized carbons (Fsp3) is 0.583. The average molecular weight is 207 g/mol. The third kappa shape index (κ3) is 3.78. The number of pyridine rings is 1. The lowest BCUT2D eigenvalue weighted by Crippen LogP contribution is -2.07. The average Bonchev–Trinajstić information content (AvgIpc) is 2.18. The van der Waals surface area contributed by atoms with Gasteiger partial charge in [0.15, 0.2) is 0 Å². The topological polar surface area (TPSA) is 50.9 Å². The fourth-order valence-corrected chi connectivity index (χ4v) is 1.43. The summed E-state index contributed by atoms with van der Waals surface area (Å²) in [5.74, 6) is 1.58. The Morgan fingerprint density at radius 2 is 2.20 bits per heavy atom. The Balaban J connectivity index is 2.41. The number of nitrogens with two attached hydrogens (primary N) is 1.